The highest BCUT2D eigenvalue weighted by molar-refractivity contribution is 7.86. The van der Waals surface area contributed by atoms with Gasteiger partial charge in [-0.3, -0.25) is 23.0 Å². The van der Waals surface area contributed by atoms with Crippen LogP contribution < -0.4 is 0 Å². The first kappa shape index (κ1) is 45.8. The number of aromatic nitrogens is 6. The molecule has 0 fully saturated rings. The summed E-state index contributed by atoms with van der Waals surface area (Å²) in [7, 11) is -18.9. The van der Waals surface area contributed by atoms with E-state index in [2.05, 4.69) is 10.2 Å². The van der Waals surface area contributed by atoms with Crippen molar-refractivity contribution < 1.29 is 56.7 Å². The summed E-state index contributed by atoms with van der Waals surface area (Å²) in [5.74, 6) is -0.354. The molecule has 0 aliphatic heterocycles. The fourth-order valence-corrected chi connectivity index (χ4v) is 11.8. The van der Waals surface area contributed by atoms with Crippen molar-refractivity contribution in [3.8, 4) is 11.4 Å². The zero-order chi connectivity index (χ0) is 51.3. The second-order valence-electron chi connectivity index (χ2n) is 17.1. The van der Waals surface area contributed by atoms with Crippen molar-refractivity contribution in [2.45, 2.75) is 26.5 Å². The fourth-order valence-electron chi connectivity index (χ4n) is 9.20. The predicted molar refractivity (Wildman–Crippen MR) is 266 cm³/mol. The normalized spacial score (nSPS) is 13.4. The molecule has 366 valence electrons. The molecular weight excluding hydrogens is 1020 g/mol. The van der Waals surface area contributed by atoms with Crippen LogP contribution in [0.2, 0.25) is 0 Å². The average Bonchev–Trinajstić information content (AvgIpc) is 4.21. The van der Waals surface area contributed by atoms with Crippen LogP contribution >= 0.6 is 0 Å². The van der Waals surface area contributed by atoms with Crippen molar-refractivity contribution in [3.63, 3.8) is 0 Å². The second kappa shape index (κ2) is 15.6. The monoisotopic (exact) mass is 1060 g/mol. The van der Waals surface area contributed by atoms with Crippen molar-refractivity contribution in [2.75, 3.05) is 0 Å². The molecule has 4 aromatic heterocycles. The maximum absolute atomic E-state index is 14.2. The molecule has 0 amide bonds. The summed E-state index contributed by atoms with van der Waals surface area (Å²) >= 11 is 0. The molecule has 0 atom stereocenters. The van der Waals surface area contributed by atoms with Gasteiger partial charge in [0.2, 0.25) is 0 Å². The molecule has 0 saturated carbocycles. The van der Waals surface area contributed by atoms with E-state index in [1.165, 1.54) is 64.0 Å². The summed E-state index contributed by atoms with van der Waals surface area (Å²) in [6.45, 7) is 1.74. The fraction of sp³-hybridized carbons (Fsp3) is 0.0208. The predicted octanol–water partition coefficient (Wildman–Crippen LogP) is 8.57. The van der Waals surface area contributed by atoms with E-state index < -0.39 is 50.3 Å². The first-order valence-electron chi connectivity index (χ1n) is 21.5. The van der Waals surface area contributed by atoms with Crippen LogP contribution in [-0.2, 0) is 40.5 Å². The maximum atomic E-state index is 14.2. The molecule has 0 aliphatic carbocycles. The molecular formula is C48H32N8O13S4. The first-order chi connectivity index (χ1) is 34.6. The van der Waals surface area contributed by atoms with Crippen LogP contribution in [0.1, 0.15) is 32.6 Å². The summed E-state index contributed by atoms with van der Waals surface area (Å²) in [6.07, 6.45) is 2.44. The quantitative estimate of drug-likeness (QED) is 0.0386. The highest BCUT2D eigenvalue weighted by atomic mass is 32.2. The highest BCUT2D eigenvalue weighted by Crippen LogP contribution is 2.39. The van der Waals surface area contributed by atoms with Gasteiger partial charge in [-0.1, -0.05) is 91.0 Å². The lowest BCUT2D eigenvalue weighted by molar-refractivity contribution is 0.103. The number of carbonyl (C=O) groups is 1. The standard InChI is InChI=1S/C48H32N8O13S4/c1-27-21-41(53-52-40-20-15-31-22-34(70(58,59)60)18-19-35(31)46(40)56(52)53)38(48(57)30-7-3-2-4-8-30)25-39(27)50-49-32-16-13-28(43(23-32)71(61,62)63)11-12-29-14-17-33(24-44(29)72(64,65)66)51-54-42-26-45(73(67,68)69)36-9-5-6-10-37(36)47(42)55(51)54/h2-26H,1H3,(H,58,59,60)(H,61,62,63)(H,64,65,66)(H,67,68,69). The molecule has 73 heavy (non-hydrogen) atoms. The van der Waals surface area contributed by atoms with Gasteiger partial charge in [0.1, 0.15) is 36.8 Å². The van der Waals surface area contributed by atoms with E-state index in [1.807, 2.05) is 4.63 Å². The third kappa shape index (κ3) is 7.43. The van der Waals surface area contributed by atoms with Crippen LogP contribution in [0, 0.1) is 6.92 Å². The number of hydrogen-bond acceptors (Lipinski definition) is 11. The van der Waals surface area contributed by atoms with Gasteiger partial charge in [-0.15, -0.1) is 23.3 Å². The van der Waals surface area contributed by atoms with Crippen molar-refractivity contribution in [1.29, 1.82) is 0 Å². The lowest BCUT2D eigenvalue weighted by Crippen LogP contribution is -2.06. The molecule has 12 aromatic rings. The van der Waals surface area contributed by atoms with Gasteiger partial charge in [-0.25, -0.2) is 0 Å². The van der Waals surface area contributed by atoms with E-state index in [-0.39, 0.29) is 54.7 Å². The molecule has 8 aromatic carbocycles. The van der Waals surface area contributed by atoms with Crippen LogP contribution in [0.3, 0.4) is 0 Å². The number of fused-ring (bicyclic) bond motifs is 12. The van der Waals surface area contributed by atoms with Gasteiger partial charge in [0, 0.05) is 21.7 Å². The number of aryl methyl sites for hydroxylation is 1. The minimum atomic E-state index is -4.95. The van der Waals surface area contributed by atoms with E-state index in [4.69, 9.17) is 0 Å². The molecule has 0 aliphatic rings. The number of azo groups is 1. The van der Waals surface area contributed by atoms with E-state index in [1.54, 1.807) is 106 Å². The molecule has 0 radical (unpaired) electrons. The van der Waals surface area contributed by atoms with Gasteiger partial charge < -0.3 is 0 Å². The van der Waals surface area contributed by atoms with Gasteiger partial charge in [-0.05, 0) is 89.7 Å². The highest BCUT2D eigenvalue weighted by Gasteiger charge is 2.32. The summed E-state index contributed by atoms with van der Waals surface area (Å²) in [5.41, 5.74) is 4.43. The Morgan fingerprint density at radius 2 is 1.12 bits per heavy atom. The Kier molecular flexibility index (Phi) is 9.81. The van der Waals surface area contributed by atoms with E-state index >= 15 is 0 Å². The zero-order valence-electron chi connectivity index (χ0n) is 37.1. The van der Waals surface area contributed by atoms with Crippen LogP contribution in [0.5, 0.6) is 0 Å². The Balaban J connectivity index is 0.877. The van der Waals surface area contributed by atoms with Crippen molar-refractivity contribution >= 4 is 113 Å². The number of benzene rings is 8. The van der Waals surface area contributed by atoms with Gasteiger partial charge >= 0.3 is 0 Å². The van der Waals surface area contributed by atoms with Crippen molar-refractivity contribution in [1.82, 2.24) is 28.1 Å². The molecule has 0 saturated heterocycles. The van der Waals surface area contributed by atoms with Gasteiger partial charge in [0.25, 0.3) is 40.5 Å². The van der Waals surface area contributed by atoms with Crippen LogP contribution in [-0.4, -0.2) is 85.8 Å². The van der Waals surface area contributed by atoms with E-state index in [0.717, 1.165) is 23.2 Å². The van der Waals surface area contributed by atoms with Gasteiger partial charge in [0.05, 0.1) is 33.2 Å². The number of ketones is 1. The van der Waals surface area contributed by atoms with Crippen LogP contribution in [0.4, 0.5) is 11.4 Å². The molecule has 25 heteroatoms. The van der Waals surface area contributed by atoms with E-state index in [0.29, 0.717) is 44.0 Å². The number of nitrogens with zero attached hydrogens (tertiary/aromatic N) is 8. The molecule has 0 bridgehead atoms. The van der Waals surface area contributed by atoms with Crippen molar-refractivity contribution in [3.05, 3.63) is 167 Å². The summed E-state index contributed by atoms with van der Waals surface area (Å²) in [4.78, 5) is 15.7. The Hall–Kier alpha value is -8.27. The molecule has 12 rings (SSSR count). The molecule has 4 N–H and O–H groups in total. The lowest BCUT2D eigenvalue weighted by Gasteiger charge is -2.09. The topological polar surface area (TPSA) is 287 Å². The minimum Gasteiger partial charge on any atom is -0.289 e. The summed E-state index contributed by atoms with van der Waals surface area (Å²) in [5, 5.41) is 10.7. The molecule has 21 nitrogen and oxygen atoms in total. The Bertz CT molecular complexity index is 4880. The smallest absolute Gasteiger partial charge is 0.289 e. The minimum absolute atomic E-state index is 0.0246. The van der Waals surface area contributed by atoms with Crippen LogP contribution in [0.15, 0.2) is 169 Å². The van der Waals surface area contributed by atoms with Gasteiger partial charge in [-0.2, -0.15) is 48.7 Å². The molecule has 4 heterocycles. The first-order valence-corrected chi connectivity index (χ1v) is 27.3. The zero-order valence-corrected chi connectivity index (χ0v) is 40.4. The SMILES string of the molecule is Cc1cc(-n2n3c4ccc5cc(S(=O)(=O)O)ccc5c4n23)c(C(=O)c2ccccc2)cc1N=Nc1ccc(C=Cc2ccc(-n3n4c5cc(S(=O)(=O)O)c6ccccc6c5n34)cc2S(=O)(=O)O)c(S(=O)(=O)O)c1. The molecule has 0 spiro atoms. The number of hydrogen-bond donors (Lipinski definition) is 4. The summed E-state index contributed by atoms with van der Waals surface area (Å²) < 4.78 is 146. The number of rotatable bonds is 12. The Labute approximate surface area is 411 Å². The Morgan fingerprint density at radius 1 is 0.507 bits per heavy atom. The van der Waals surface area contributed by atoms with Crippen molar-refractivity contribution in [2.24, 2.45) is 10.2 Å². The van der Waals surface area contributed by atoms with Gasteiger partial charge in [0.15, 0.2) is 5.78 Å². The average molecular weight is 1060 g/mol. The third-order valence-corrected chi connectivity index (χ3v) is 16.2. The number of carbonyl (C=O) groups excluding carboxylic acids is 1. The lowest BCUT2D eigenvalue weighted by atomic mass is 9.99. The maximum Gasteiger partial charge on any atom is 0.295 e. The van der Waals surface area contributed by atoms with Crippen LogP contribution in [0.25, 0.3) is 67.1 Å². The summed E-state index contributed by atoms with van der Waals surface area (Å²) in [6, 6.07) is 35.2. The molecule has 0 unspecified atom stereocenters. The second-order valence-corrected chi connectivity index (χ2v) is 22.7. The van der Waals surface area contributed by atoms with E-state index in [9.17, 15) is 56.7 Å². The largest absolute Gasteiger partial charge is 0.295 e. The third-order valence-electron chi connectivity index (χ3n) is 12.6. The Morgan fingerprint density at radius 3 is 1.81 bits per heavy atom.